The minimum Gasteiger partial charge on any atom is -0.392 e. The molecule has 2 nitrogen and oxygen atoms in total. The van der Waals surface area contributed by atoms with Gasteiger partial charge in [0, 0.05) is 22.9 Å². The molecule has 15 heavy (non-hydrogen) atoms. The standard InChI is InChI=1S/C11H16ClNOS/c1-11(2)8(5-9(11)14)13-6-7-3-4-10(12)15-7/h3-4,8-9,13-14H,5-6H2,1-2H3. The highest BCUT2D eigenvalue weighted by Gasteiger charge is 2.46. The first kappa shape index (κ1) is 11.4. The van der Waals surface area contributed by atoms with Crippen molar-refractivity contribution in [1.82, 2.24) is 5.32 Å². The van der Waals surface area contributed by atoms with Gasteiger partial charge in [-0.2, -0.15) is 0 Å². The highest BCUT2D eigenvalue weighted by atomic mass is 35.5. The van der Waals surface area contributed by atoms with E-state index in [1.807, 2.05) is 12.1 Å². The fourth-order valence-corrected chi connectivity index (χ4v) is 2.96. The molecule has 1 aliphatic rings. The Balaban J connectivity index is 1.85. The Morgan fingerprint density at radius 3 is 2.80 bits per heavy atom. The summed E-state index contributed by atoms with van der Waals surface area (Å²) in [5.41, 5.74) is 0.00105. The average Bonchev–Trinajstić information content (AvgIpc) is 2.58. The molecule has 2 unspecified atom stereocenters. The second kappa shape index (κ2) is 4.06. The number of aliphatic hydroxyl groups excluding tert-OH is 1. The Morgan fingerprint density at radius 2 is 2.33 bits per heavy atom. The summed E-state index contributed by atoms with van der Waals surface area (Å²) in [5, 5.41) is 13.1. The van der Waals surface area contributed by atoms with E-state index in [1.54, 1.807) is 11.3 Å². The van der Waals surface area contributed by atoms with Gasteiger partial charge in [0.25, 0.3) is 0 Å². The van der Waals surface area contributed by atoms with Crippen LogP contribution in [-0.4, -0.2) is 17.3 Å². The third-order valence-corrected chi connectivity index (χ3v) is 4.60. The summed E-state index contributed by atoms with van der Waals surface area (Å²) < 4.78 is 0.833. The predicted octanol–water partition coefficient (Wildman–Crippen LogP) is 2.65. The van der Waals surface area contributed by atoms with Crippen molar-refractivity contribution in [2.45, 2.75) is 39.0 Å². The van der Waals surface area contributed by atoms with E-state index in [9.17, 15) is 5.11 Å². The van der Waals surface area contributed by atoms with Crippen LogP contribution in [-0.2, 0) is 6.54 Å². The maximum absolute atomic E-state index is 9.59. The van der Waals surface area contributed by atoms with Gasteiger partial charge in [-0.15, -0.1) is 11.3 Å². The highest BCUT2D eigenvalue weighted by Crippen LogP contribution is 2.40. The molecule has 1 saturated carbocycles. The monoisotopic (exact) mass is 245 g/mol. The molecule has 0 amide bonds. The first-order chi connectivity index (χ1) is 7.00. The molecular formula is C11H16ClNOS. The zero-order valence-corrected chi connectivity index (χ0v) is 10.5. The van der Waals surface area contributed by atoms with Crippen molar-refractivity contribution in [3.8, 4) is 0 Å². The lowest BCUT2D eigenvalue weighted by molar-refractivity contribution is -0.0729. The first-order valence-electron chi connectivity index (χ1n) is 5.16. The van der Waals surface area contributed by atoms with E-state index in [0.29, 0.717) is 6.04 Å². The summed E-state index contributed by atoms with van der Waals surface area (Å²) in [5.74, 6) is 0. The topological polar surface area (TPSA) is 32.3 Å². The Hall–Kier alpha value is -0.0900. The fraction of sp³-hybridized carbons (Fsp3) is 0.636. The Kier molecular flexibility index (Phi) is 3.08. The van der Waals surface area contributed by atoms with Crippen molar-refractivity contribution < 1.29 is 5.11 Å². The molecule has 2 rings (SSSR count). The number of nitrogens with one attached hydrogen (secondary N) is 1. The zero-order chi connectivity index (χ0) is 11.1. The minimum absolute atomic E-state index is 0.00105. The van der Waals surface area contributed by atoms with Crippen molar-refractivity contribution in [3.05, 3.63) is 21.3 Å². The van der Waals surface area contributed by atoms with Crippen LogP contribution in [0.2, 0.25) is 4.34 Å². The summed E-state index contributed by atoms with van der Waals surface area (Å²) >= 11 is 7.46. The fourth-order valence-electron chi connectivity index (χ4n) is 1.92. The van der Waals surface area contributed by atoms with Gasteiger partial charge in [0.1, 0.15) is 0 Å². The molecule has 0 radical (unpaired) electrons. The molecule has 0 aliphatic heterocycles. The van der Waals surface area contributed by atoms with E-state index >= 15 is 0 Å². The van der Waals surface area contributed by atoms with Crippen molar-refractivity contribution in [3.63, 3.8) is 0 Å². The van der Waals surface area contributed by atoms with Gasteiger partial charge in [-0.25, -0.2) is 0 Å². The Labute approximate surface area is 99.3 Å². The van der Waals surface area contributed by atoms with Crippen LogP contribution in [0.4, 0.5) is 0 Å². The molecule has 2 atom stereocenters. The van der Waals surface area contributed by atoms with Gasteiger partial charge in [-0.1, -0.05) is 25.4 Å². The van der Waals surface area contributed by atoms with Gasteiger partial charge >= 0.3 is 0 Å². The second-order valence-corrected chi connectivity index (χ2v) is 6.51. The van der Waals surface area contributed by atoms with Gasteiger partial charge in [-0.3, -0.25) is 0 Å². The molecule has 1 aromatic rings. The first-order valence-corrected chi connectivity index (χ1v) is 6.35. The van der Waals surface area contributed by atoms with Crippen LogP contribution in [0, 0.1) is 5.41 Å². The van der Waals surface area contributed by atoms with Crippen LogP contribution >= 0.6 is 22.9 Å². The molecule has 0 bridgehead atoms. The zero-order valence-electron chi connectivity index (χ0n) is 8.96. The van der Waals surface area contributed by atoms with Gasteiger partial charge in [0.2, 0.25) is 0 Å². The summed E-state index contributed by atoms with van der Waals surface area (Å²) in [6.45, 7) is 5.04. The average molecular weight is 246 g/mol. The van der Waals surface area contributed by atoms with E-state index in [4.69, 9.17) is 11.6 Å². The Morgan fingerprint density at radius 1 is 1.60 bits per heavy atom. The summed E-state index contributed by atoms with van der Waals surface area (Å²) in [6, 6.07) is 4.37. The largest absolute Gasteiger partial charge is 0.392 e. The second-order valence-electron chi connectivity index (χ2n) is 4.71. The van der Waals surface area contributed by atoms with Crippen LogP contribution in [0.5, 0.6) is 0 Å². The van der Waals surface area contributed by atoms with E-state index in [0.717, 1.165) is 17.3 Å². The SMILES string of the molecule is CC1(C)C(O)CC1NCc1ccc(Cl)s1. The van der Waals surface area contributed by atoms with Gasteiger partial charge in [0.05, 0.1) is 10.4 Å². The maximum atomic E-state index is 9.59. The third-order valence-electron chi connectivity index (χ3n) is 3.37. The molecule has 2 N–H and O–H groups in total. The van der Waals surface area contributed by atoms with E-state index in [1.165, 1.54) is 4.88 Å². The van der Waals surface area contributed by atoms with Gasteiger partial charge in [0.15, 0.2) is 0 Å². The van der Waals surface area contributed by atoms with E-state index in [2.05, 4.69) is 19.2 Å². The number of thiophene rings is 1. The summed E-state index contributed by atoms with van der Waals surface area (Å²) in [6.07, 6.45) is 0.688. The molecular weight excluding hydrogens is 230 g/mol. The summed E-state index contributed by atoms with van der Waals surface area (Å²) in [7, 11) is 0. The number of hydrogen-bond donors (Lipinski definition) is 2. The molecule has 0 saturated heterocycles. The normalized spacial score (nSPS) is 28.8. The van der Waals surface area contributed by atoms with Crippen LogP contribution in [0.15, 0.2) is 12.1 Å². The third kappa shape index (κ3) is 2.21. The number of hydrogen-bond acceptors (Lipinski definition) is 3. The van der Waals surface area contributed by atoms with Crippen LogP contribution in [0.1, 0.15) is 25.1 Å². The molecule has 0 spiro atoms. The van der Waals surface area contributed by atoms with E-state index < -0.39 is 0 Å². The van der Waals surface area contributed by atoms with Crippen molar-refractivity contribution >= 4 is 22.9 Å². The van der Waals surface area contributed by atoms with Gasteiger partial charge < -0.3 is 10.4 Å². The molecule has 4 heteroatoms. The number of aliphatic hydroxyl groups is 1. The quantitative estimate of drug-likeness (QED) is 0.858. The molecule has 0 aromatic carbocycles. The summed E-state index contributed by atoms with van der Waals surface area (Å²) in [4.78, 5) is 1.25. The molecule has 1 fully saturated rings. The number of rotatable bonds is 3. The highest BCUT2D eigenvalue weighted by molar-refractivity contribution is 7.16. The Bertz CT molecular complexity index is 350. The molecule has 1 heterocycles. The van der Waals surface area contributed by atoms with Gasteiger partial charge in [-0.05, 0) is 18.6 Å². The van der Waals surface area contributed by atoms with Crippen LogP contribution in [0.25, 0.3) is 0 Å². The smallest absolute Gasteiger partial charge is 0.0931 e. The molecule has 84 valence electrons. The van der Waals surface area contributed by atoms with E-state index in [-0.39, 0.29) is 11.5 Å². The molecule has 1 aromatic heterocycles. The van der Waals surface area contributed by atoms with Crippen molar-refractivity contribution in [2.24, 2.45) is 5.41 Å². The lowest BCUT2D eigenvalue weighted by atomic mass is 9.64. The lowest BCUT2D eigenvalue weighted by Gasteiger charge is -2.49. The maximum Gasteiger partial charge on any atom is 0.0931 e. The number of halogens is 1. The van der Waals surface area contributed by atoms with Crippen LogP contribution < -0.4 is 5.32 Å². The van der Waals surface area contributed by atoms with Crippen molar-refractivity contribution in [2.75, 3.05) is 0 Å². The molecule has 1 aliphatic carbocycles. The predicted molar refractivity (Wildman–Crippen MR) is 64.4 cm³/mol. The minimum atomic E-state index is -0.165. The van der Waals surface area contributed by atoms with Crippen molar-refractivity contribution in [1.29, 1.82) is 0 Å². The lowest BCUT2D eigenvalue weighted by Crippen LogP contribution is -2.59. The van der Waals surface area contributed by atoms with Crippen LogP contribution in [0.3, 0.4) is 0 Å².